The van der Waals surface area contributed by atoms with E-state index in [0.717, 1.165) is 31.8 Å². The number of aryl methyl sites for hydroxylation is 1. The van der Waals surface area contributed by atoms with Gasteiger partial charge in [0.25, 0.3) is 0 Å². The second-order valence-corrected chi connectivity index (χ2v) is 4.59. The summed E-state index contributed by atoms with van der Waals surface area (Å²) in [4.78, 5) is 4.50. The first-order valence-electron chi connectivity index (χ1n) is 6.99. The molecular weight excluding hydrogens is 226 g/mol. The number of aromatic nitrogens is 2. The molecule has 4 nitrogen and oxygen atoms in total. The molecule has 104 valence electrons. The smallest absolute Gasteiger partial charge is 0.128 e. The van der Waals surface area contributed by atoms with E-state index < -0.39 is 0 Å². The van der Waals surface area contributed by atoms with Crippen LogP contribution in [0, 0.1) is 0 Å². The summed E-state index contributed by atoms with van der Waals surface area (Å²) in [6.07, 6.45) is 5.78. The number of hydrogen-bond acceptors (Lipinski definition) is 3. The Morgan fingerprint density at radius 1 is 1.33 bits per heavy atom. The summed E-state index contributed by atoms with van der Waals surface area (Å²) in [5.74, 6) is 1.05. The highest BCUT2D eigenvalue weighted by Crippen LogP contribution is 2.34. The minimum absolute atomic E-state index is 0.137. The zero-order valence-electron chi connectivity index (χ0n) is 12.4. The molecule has 0 aromatic carbocycles. The van der Waals surface area contributed by atoms with Crippen molar-refractivity contribution in [2.75, 3.05) is 13.2 Å². The van der Waals surface area contributed by atoms with Gasteiger partial charge in [-0.3, -0.25) is 0 Å². The second kappa shape index (κ2) is 6.90. The highest BCUT2D eigenvalue weighted by molar-refractivity contribution is 5.07. The van der Waals surface area contributed by atoms with E-state index >= 15 is 0 Å². The summed E-state index contributed by atoms with van der Waals surface area (Å²) in [6, 6.07) is 0.137. The SMILES string of the molecule is CCNC(c1nccn1C)C(CC)(CC)OCC. The quantitative estimate of drug-likeness (QED) is 0.774. The maximum atomic E-state index is 6.11. The molecular formula is C14H27N3O. The van der Waals surface area contributed by atoms with Crippen molar-refractivity contribution >= 4 is 0 Å². The molecule has 0 bridgehead atoms. The van der Waals surface area contributed by atoms with Crippen molar-refractivity contribution in [3.63, 3.8) is 0 Å². The Balaban J connectivity index is 3.12. The molecule has 0 amide bonds. The summed E-state index contributed by atoms with van der Waals surface area (Å²) in [7, 11) is 2.04. The van der Waals surface area contributed by atoms with Crippen molar-refractivity contribution in [1.29, 1.82) is 0 Å². The number of likely N-dealkylation sites (N-methyl/N-ethyl adjacent to an activating group) is 1. The first-order chi connectivity index (χ1) is 8.65. The topological polar surface area (TPSA) is 39.1 Å². The molecule has 0 aliphatic heterocycles. The predicted molar refractivity (Wildman–Crippen MR) is 74.6 cm³/mol. The first-order valence-corrected chi connectivity index (χ1v) is 6.99. The van der Waals surface area contributed by atoms with Crippen molar-refractivity contribution in [3.05, 3.63) is 18.2 Å². The van der Waals surface area contributed by atoms with Crippen molar-refractivity contribution in [1.82, 2.24) is 14.9 Å². The molecule has 1 heterocycles. The van der Waals surface area contributed by atoms with E-state index in [1.807, 2.05) is 19.4 Å². The van der Waals surface area contributed by atoms with Gasteiger partial charge in [-0.2, -0.15) is 0 Å². The Labute approximate surface area is 111 Å². The second-order valence-electron chi connectivity index (χ2n) is 4.59. The van der Waals surface area contributed by atoms with Gasteiger partial charge in [0.05, 0.1) is 11.6 Å². The van der Waals surface area contributed by atoms with E-state index in [9.17, 15) is 0 Å². The number of imidazole rings is 1. The third-order valence-electron chi connectivity index (χ3n) is 3.68. The molecule has 18 heavy (non-hydrogen) atoms. The van der Waals surface area contributed by atoms with Crippen LogP contribution in [0.3, 0.4) is 0 Å². The van der Waals surface area contributed by atoms with Crippen LogP contribution in [0.25, 0.3) is 0 Å². The number of ether oxygens (including phenoxy) is 1. The van der Waals surface area contributed by atoms with E-state index in [-0.39, 0.29) is 11.6 Å². The minimum atomic E-state index is -0.177. The zero-order valence-corrected chi connectivity index (χ0v) is 12.4. The molecule has 1 aromatic heterocycles. The minimum Gasteiger partial charge on any atom is -0.373 e. The van der Waals surface area contributed by atoms with Gasteiger partial charge in [-0.25, -0.2) is 4.98 Å². The zero-order chi connectivity index (χ0) is 13.6. The van der Waals surface area contributed by atoms with E-state index in [2.05, 4.69) is 42.6 Å². The van der Waals surface area contributed by atoms with Crippen molar-refractivity contribution < 1.29 is 4.74 Å². The van der Waals surface area contributed by atoms with E-state index in [0.29, 0.717) is 0 Å². The Kier molecular flexibility index (Phi) is 5.82. The molecule has 1 N–H and O–H groups in total. The molecule has 1 aromatic rings. The molecule has 1 atom stereocenters. The Morgan fingerprint density at radius 3 is 2.39 bits per heavy atom. The molecule has 0 fully saturated rings. The van der Waals surface area contributed by atoms with Gasteiger partial charge >= 0.3 is 0 Å². The maximum absolute atomic E-state index is 6.11. The van der Waals surface area contributed by atoms with Crippen LogP contribution in [-0.2, 0) is 11.8 Å². The lowest BCUT2D eigenvalue weighted by Crippen LogP contribution is -2.46. The summed E-state index contributed by atoms with van der Waals surface area (Å²) < 4.78 is 8.18. The summed E-state index contributed by atoms with van der Waals surface area (Å²) in [6.45, 7) is 10.2. The summed E-state index contributed by atoms with van der Waals surface area (Å²) in [5, 5.41) is 3.55. The fourth-order valence-corrected chi connectivity index (χ4v) is 2.61. The lowest BCUT2D eigenvalue weighted by atomic mass is 9.87. The first kappa shape index (κ1) is 15.2. The van der Waals surface area contributed by atoms with Crippen molar-refractivity contribution in [2.24, 2.45) is 7.05 Å². The largest absolute Gasteiger partial charge is 0.373 e. The third kappa shape index (κ3) is 2.93. The van der Waals surface area contributed by atoms with Crippen molar-refractivity contribution in [2.45, 2.75) is 52.2 Å². The number of rotatable bonds is 8. The molecule has 0 aliphatic rings. The lowest BCUT2D eigenvalue weighted by Gasteiger charge is -2.39. The van der Waals surface area contributed by atoms with E-state index in [1.165, 1.54) is 0 Å². The van der Waals surface area contributed by atoms with Crippen LogP contribution in [0.5, 0.6) is 0 Å². The van der Waals surface area contributed by atoms with Gasteiger partial charge in [0.1, 0.15) is 5.82 Å². The summed E-state index contributed by atoms with van der Waals surface area (Å²) >= 11 is 0. The van der Waals surface area contributed by atoms with E-state index in [4.69, 9.17) is 4.74 Å². The van der Waals surface area contributed by atoms with Gasteiger partial charge in [0.15, 0.2) is 0 Å². The van der Waals surface area contributed by atoms with E-state index in [1.54, 1.807) is 0 Å². The predicted octanol–water partition coefficient (Wildman–Crippen LogP) is 2.67. The molecule has 4 heteroatoms. The average Bonchev–Trinajstić information content (AvgIpc) is 2.80. The highest BCUT2D eigenvalue weighted by atomic mass is 16.5. The van der Waals surface area contributed by atoms with Gasteiger partial charge < -0.3 is 14.6 Å². The molecule has 0 saturated heterocycles. The highest BCUT2D eigenvalue weighted by Gasteiger charge is 2.39. The van der Waals surface area contributed by atoms with Crippen LogP contribution in [0.1, 0.15) is 52.4 Å². The Morgan fingerprint density at radius 2 is 2.00 bits per heavy atom. The van der Waals surface area contributed by atoms with Crippen LogP contribution in [0.15, 0.2) is 12.4 Å². The van der Waals surface area contributed by atoms with Gasteiger partial charge in [0.2, 0.25) is 0 Å². The monoisotopic (exact) mass is 253 g/mol. The van der Waals surface area contributed by atoms with Crippen LogP contribution >= 0.6 is 0 Å². The lowest BCUT2D eigenvalue weighted by molar-refractivity contribution is -0.0754. The normalized spacial score (nSPS) is 13.8. The van der Waals surface area contributed by atoms with Crippen molar-refractivity contribution in [3.8, 4) is 0 Å². The van der Waals surface area contributed by atoms with Crippen LogP contribution < -0.4 is 5.32 Å². The van der Waals surface area contributed by atoms with Crippen LogP contribution in [-0.4, -0.2) is 28.3 Å². The Hall–Kier alpha value is -0.870. The van der Waals surface area contributed by atoms with Crippen LogP contribution in [0.2, 0.25) is 0 Å². The van der Waals surface area contributed by atoms with Gasteiger partial charge in [-0.15, -0.1) is 0 Å². The third-order valence-corrected chi connectivity index (χ3v) is 3.68. The molecule has 0 radical (unpaired) electrons. The van der Waals surface area contributed by atoms with Gasteiger partial charge in [-0.1, -0.05) is 20.8 Å². The summed E-state index contributed by atoms with van der Waals surface area (Å²) in [5.41, 5.74) is -0.177. The molecule has 0 aliphatic carbocycles. The van der Waals surface area contributed by atoms with Gasteiger partial charge in [0, 0.05) is 26.0 Å². The molecule has 1 unspecified atom stereocenters. The Bertz CT molecular complexity index is 345. The van der Waals surface area contributed by atoms with Gasteiger partial charge in [-0.05, 0) is 26.3 Å². The van der Waals surface area contributed by atoms with Crippen LogP contribution in [0.4, 0.5) is 0 Å². The number of hydrogen-bond donors (Lipinski definition) is 1. The fourth-order valence-electron chi connectivity index (χ4n) is 2.61. The molecule has 0 spiro atoms. The molecule has 1 rings (SSSR count). The standard InChI is InChI=1S/C14H27N3O/c1-6-14(7-2,18-9-4)12(15-8-3)13-16-10-11-17(13)5/h10-12,15H,6-9H2,1-5H3. The molecule has 0 saturated carbocycles. The number of nitrogens with one attached hydrogen (secondary N) is 1. The number of nitrogens with zero attached hydrogens (tertiary/aromatic N) is 2. The average molecular weight is 253 g/mol. The fraction of sp³-hybridized carbons (Fsp3) is 0.786. The maximum Gasteiger partial charge on any atom is 0.128 e.